The molecule has 3 aromatic rings. The molecule has 6 nitrogen and oxygen atoms in total. The third-order valence-electron chi connectivity index (χ3n) is 5.26. The van der Waals surface area contributed by atoms with Gasteiger partial charge in [0.2, 0.25) is 0 Å². The highest BCUT2D eigenvalue weighted by Gasteiger charge is 2.39. The molecule has 4 rings (SSSR count). The maximum atomic E-state index is 13.1. The van der Waals surface area contributed by atoms with Crippen LogP contribution in [0.2, 0.25) is 0 Å². The van der Waals surface area contributed by atoms with E-state index >= 15 is 0 Å². The van der Waals surface area contributed by atoms with Crippen molar-refractivity contribution < 1.29 is 14.4 Å². The summed E-state index contributed by atoms with van der Waals surface area (Å²) >= 11 is 0. The van der Waals surface area contributed by atoms with Crippen molar-refractivity contribution >= 4 is 34.8 Å². The van der Waals surface area contributed by atoms with Crippen LogP contribution in [0.15, 0.2) is 66.4 Å². The minimum Gasteiger partial charge on any atom is -0.347 e. The average Bonchev–Trinajstić information content (AvgIpc) is 3.09. The first-order valence-corrected chi connectivity index (χ1v) is 9.54. The largest absolute Gasteiger partial charge is 0.347 e. The number of hydrogen-bond donors (Lipinski definition) is 1. The lowest BCUT2D eigenvalue weighted by Crippen LogP contribution is -2.54. The highest BCUT2D eigenvalue weighted by molar-refractivity contribution is 6.31. The van der Waals surface area contributed by atoms with Crippen LogP contribution < -0.4 is 5.32 Å². The van der Waals surface area contributed by atoms with E-state index in [4.69, 9.17) is 0 Å². The van der Waals surface area contributed by atoms with E-state index in [1.807, 2.05) is 67.7 Å². The maximum absolute atomic E-state index is 13.1. The van der Waals surface area contributed by atoms with Crippen LogP contribution in [0.3, 0.4) is 0 Å². The van der Waals surface area contributed by atoms with E-state index in [2.05, 4.69) is 9.88 Å². The molecule has 6 heteroatoms. The quantitative estimate of drug-likeness (QED) is 0.545. The molecule has 1 aliphatic rings. The molecule has 0 spiro atoms. The summed E-state index contributed by atoms with van der Waals surface area (Å²) in [4.78, 5) is 39.2. The Balaban J connectivity index is 1.77. The Kier molecular flexibility index (Phi) is 4.76. The first kappa shape index (κ1) is 18.7. The summed E-state index contributed by atoms with van der Waals surface area (Å²) in [6, 6.07) is 15.9. The molecule has 2 heterocycles. The van der Waals surface area contributed by atoms with Gasteiger partial charge in [0.25, 0.3) is 11.8 Å². The van der Waals surface area contributed by atoms with Crippen LogP contribution in [0.4, 0.5) is 4.79 Å². The molecule has 0 aliphatic carbocycles. The van der Waals surface area contributed by atoms with Gasteiger partial charge >= 0.3 is 6.03 Å². The Morgan fingerprint density at radius 1 is 1.00 bits per heavy atom. The summed E-state index contributed by atoms with van der Waals surface area (Å²) in [6.45, 7) is 4.56. The standard InChI is InChI=1S/C23H21N3O3/c1-3-25-14-17(18-11-7-8-12-20(18)25)13-19-21(27)24-23(29)26(22(19)28)15(2)16-9-5-4-6-10-16/h4-15H,3H2,1-2H3,(H,24,27,29)/b19-13+. The number of para-hydroxylation sites is 1. The predicted octanol–water partition coefficient (Wildman–Crippen LogP) is 3.88. The Morgan fingerprint density at radius 2 is 1.69 bits per heavy atom. The number of hydrogen-bond acceptors (Lipinski definition) is 3. The van der Waals surface area contributed by atoms with E-state index < -0.39 is 23.9 Å². The number of imide groups is 2. The molecule has 1 N–H and O–H groups in total. The number of amides is 4. The number of nitrogens with zero attached hydrogens (tertiary/aromatic N) is 2. The average molecular weight is 387 g/mol. The lowest BCUT2D eigenvalue weighted by molar-refractivity contribution is -0.131. The van der Waals surface area contributed by atoms with Crippen molar-refractivity contribution in [3.05, 3.63) is 77.5 Å². The zero-order chi connectivity index (χ0) is 20.5. The van der Waals surface area contributed by atoms with Crippen LogP contribution in [-0.2, 0) is 16.1 Å². The Labute approximate surface area is 168 Å². The summed E-state index contributed by atoms with van der Waals surface area (Å²) < 4.78 is 2.06. The second-order valence-corrected chi connectivity index (χ2v) is 6.97. The van der Waals surface area contributed by atoms with Crippen LogP contribution in [-0.4, -0.2) is 27.3 Å². The van der Waals surface area contributed by atoms with Gasteiger partial charge in [-0.2, -0.15) is 0 Å². The zero-order valence-corrected chi connectivity index (χ0v) is 16.3. The third kappa shape index (κ3) is 3.23. The highest BCUT2D eigenvalue weighted by Crippen LogP contribution is 2.28. The van der Waals surface area contributed by atoms with Gasteiger partial charge in [0.05, 0.1) is 6.04 Å². The van der Waals surface area contributed by atoms with Gasteiger partial charge in [-0.1, -0.05) is 48.5 Å². The van der Waals surface area contributed by atoms with Crippen molar-refractivity contribution in [3.8, 4) is 0 Å². The number of benzene rings is 2. The molecular weight excluding hydrogens is 366 g/mol. The second-order valence-electron chi connectivity index (χ2n) is 6.97. The van der Waals surface area contributed by atoms with E-state index in [0.29, 0.717) is 0 Å². The van der Waals surface area contributed by atoms with Crippen LogP contribution in [0.1, 0.15) is 31.0 Å². The number of fused-ring (bicyclic) bond motifs is 1. The van der Waals surface area contributed by atoms with E-state index in [-0.39, 0.29) is 5.57 Å². The molecule has 1 atom stereocenters. The normalized spacial score (nSPS) is 17.1. The zero-order valence-electron chi connectivity index (χ0n) is 16.3. The van der Waals surface area contributed by atoms with Gasteiger partial charge in [-0.15, -0.1) is 0 Å². The minimum atomic E-state index is -0.704. The number of rotatable bonds is 4. The molecule has 1 fully saturated rings. The first-order valence-electron chi connectivity index (χ1n) is 9.54. The molecule has 0 radical (unpaired) electrons. The lowest BCUT2D eigenvalue weighted by Gasteiger charge is -2.31. The molecular formula is C23H21N3O3. The molecule has 1 aromatic heterocycles. The van der Waals surface area contributed by atoms with Crippen molar-refractivity contribution in [1.29, 1.82) is 0 Å². The number of barbiturate groups is 1. The third-order valence-corrected chi connectivity index (χ3v) is 5.26. The maximum Gasteiger partial charge on any atom is 0.331 e. The fourth-order valence-electron chi connectivity index (χ4n) is 3.71. The second kappa shape index (κ2) is 7.39. The number of aromatic nitrogens is 1. The molecule has 146 valence electrons. The summed E-state index contributed by atoms with van der Waals surface area (Å²) in [7, 11) is 0. The van der Waals surface area contributed by atoms with E-state index in [9.17, 15) is 14.4 Å². The lowest BCUT2D eigenvalue weighted by atomic mass is 10.0. The number of aryl methyl sites for hydroxylation is 1. The van der Waals surface area contributed by atoms with Gasteiger partial charge in [0.15, 0.2) is 0 Å². The number of nitrogens with one attached hydrogen (secondary N) is 1. The highest BCUT2D eigenvalue weighted by atomic mass is 16.2. The van der Waals surface area contributed by atoms with Gasteiger partial charge < -0.3 is 4.57 Å². The number of carbonyl (C=O) groups excluding carboxylic acids is 3. The van der Waals surface area contributed by atoms with Gasteiger partial charge in [-0.3, -0.25) is 19.8 Å². The summed E-state index contributed by atoms with van der Waals surface area (Å²) in [5.74, 6) is -1.27. The fraction of sp³-hybridized carbons (Fsp3) is 0.174. The molecule has 1 aliphatic heterocycles. The SMILES string of the molecule is CCn1cc(/C=C2\C(=O)NC(=O)N(C(C)c3ccccc3)C2=O)c2ccccc21. The van der Waals surface area contributed by atoms with Crippen molar-refractivity contribution in [3.63, 3.8) is 0 Å². The minimum absolute atomic E-state index is 0.0496. The van der Waals surface area contributed by atoms with Crippen molar-refractivity contribution in [2.24, 2.45) is 0 Å². The van der Waals surface area contributed by atoms with Crippen molar-refractivity contribution in [1.82, 2.24) is 14.8 Å². The van der Waals surface area contributed by atoms with Crippen molar-refractivity contribution in [2.75, 3.05) is 0 Å². The number of urea groups is 1. The Bertz CT molecular complexity index is 1140. The molecule has 4 amide bonds. The molecule has 1 saturated heterocycles. The molecule has 0 saturated carbocycles. The van der Waals surface area contributed by atoms with Gasteiger partial charge in [0, 0.05) is 29.2 Å². The van der Waals surface area contributed by atoms with Crippen LogP contribution in [0.5, 0.6) is 0 Å². The van der Waals surface area contributed by atoms with E-state index in [1.165, 1.54) is 0 Å². The van der Waals surface area contributed by atoms with Gasteiger partial charge in [0.1, 0.15) is 5.57 Å². The molecule has 2 aromatic carbocycles. The van der Waals surface area contributed by atoms with Gasteiger partial charge in [-0.05, 0) is 31.6 Å². The predicted molar refractivity (Wildman–Crippen MR) is 111 cm³/mol. The molecule has 1 unspecified atom stereocenters. The van der Waals surface area contributed by atoms with Gasteiger partial charge in [-0.25, -0.2) is 4.79 Å². The van der Waals surface area contributed by atoms with Crippen LogP contribution >= 0.6 is 0 Å². The monoisotopic (exact) mass is 387 g/mol. The number of carbonyl (C=O) groups is 3. The van der Waals surface area contributed by atoms with Crippen LogP contribution in [0.25, 0.3) is 17.0 Å². The Morgan fingerprint density at radius 3 is 2.41 bits per heavy atom. The smallest absolute Gasteiger partial charge is 0.331 e. The van der Waals surface area contributed by atoms with Crippen LogP contribution in [0, 0.1) is 0 Å². The topological polar surface area (TPSA) is 71.4 Å². The summed E-state index contributed by atoms with van der Waals surface area (Å²) in [6.07, 6.45) is 3.49. The van der Waals surface area contributed by atoms with E-state index in [0.717, 1.165) is 33.5 Å². The van der Waals surface area contributed by atoms with E-state index in [1.54, 1.807) is 13.0 Å². The van der Waals surface area contributed by atoms with Crippen molar-refractivity contribution in [2.45, 2.75) is 26.4 Å². The first-order chi connectivity index (χ1) is 14.0. The summed E-state index contributed by atoms with van der Waals surface area (Å²) in [5.41, 5.74) is 2.55. The molecule has 0 bridgehead atoms. The molecule has 29 heavy (non-hydrogen) atoms. The fourth-order valence-corrected chi connectivity index (χ4v) is 3.71. The Hall–Kier alpha value is -3.67. The summed E-state index contributed by atoms with van der Waals surface area (Å²) in [5, 5.41) is 3.25.